The van der Waals surface area contributed by atoms with E-state index in [1.54, 1.807) is 0 Å². The van der Waals surface area contributed by atoms with E-state index in [0.29, 0.717) is 0 Å². The van der Waals surface area contributed by atoms with E-state index in [1.165, 1.54) is 0 Å². The van der Waals surface area contributed by atoms with E-state index < -0.39 is 5.89 Å². The number of hydrogen-bond donors (Lipinski definition) is 0. The Balaban J connectivity index is 1.65. The van der Waals surface area contributed by atoms with Crippen LogP contribution in [-0.2, 0) is 0 Å². The summed E-state index contributed by atoms with van der Waals surface area (Å²) in [4.78, 5) is 2.15. The highest BCUT2D eigenvalue weighted by Gasteiger charge is 2.17. The zero-order valence-corrected chi connectivity index (χ0v) is 17.5. The van der Waals surface area contributed by atoms with Crippen LogP contribution in [0, 0.1) is 0 Å². The summed E-state index contributed by atoms with van der Waals surface area (Å²) in [6.45, 7) is 3.82. The van der Waals surface area contributed by atoms with Crippen molar-refractivity contribution < 1.29 is 5.79 Å². The number of rotatable bonds is 4. The Labute approximate surface area is 178 Å². The molecule has 30 heavy (non-hydrogen) atoms. The number of benzene rings is 4. The Bertz CT molecular complexity index is 1360. The molecule has 2 nitrogen and oxygen atoms in total. The maximum Gasteiger partial charge on any atom is 0.159 e. The topological polar surface area (TPSA) is 16.4 Å². The molecule has 0 amide bonds. The first kappa shape index (κ1) is 17.3. The van der Waals surface area contributed by atoms with Crippen LogP contribution in [-0.4, -0.2) is 7.05 Å². The quantitative estimate of drug-likeness (QED) is 0.307. The first-order valence-electron chi connectivity index (χ1n) is 10.8. The zero-order valence-electron chi connectivity index (χ0n) is 18.5. The van der Waals surface area contributed by atoms with Crippen LogP contribution >= 0.6 is 0 Å². The van der Waals surface area contributed by atoms with Gasteiger partial charge in [0.1, 0.15) is 5.58 Å². The Morgan fingerprint density at radius 3 is 2.10 bits per heavy atom. The summed E-state index contributed by atoms with van der Waals surface area (Å²) in [6.07, 6.45) is 0. The molecule has 0 saturated heterocycles. The van der Waals surface area contributed by atoms with Gasteiger partial charge in [0, 0.05) is 30.4 Å². The SMILES string of the molecule is [2H]C(C)(C)c1ccc(N(C)c2cccc3c2oc2c(-c4ccccc4)cccc23)cc1. The van der Waals surface area contributed by atoms with Gasteiger partial charge in [-0.2, -0.15) is 0 Å². The van der Waals surface area contributed by atoms with Gasteiger partial charge in [-0.25, -0.2) is 0 Å². The van der Waals surface area contributed by atoms with E-state index in [9.17, 15) is 0 Å². The summed E-state index contributed by atoms with van der Waals surface area (Å²) >= 11 is 0. The fourth-order valence-electron chi connectivity index (χ4n) is 4.07. The molecule has 1 heterocycles. The lowest BCUT2D eigenvalue weighted by molar-refractivity contribution is 0.669. The molecule has 0 bridgehead atoms. The summed E-state index contributed by atoms with van der Waals surface area (Å²) in [5.74, 6) is -0.607. The highest BCUT2D eigenvalue weighted by molar-refractivity contribution is 6.12. The van der Waals surface area contributed by atoms with E-state index in [0.717, 1.165) is 50.0 Å². The lowest BCUT2D eigenvalue weighted by atomic mass is 10.0. The zero-order chi connectivity index (χ0) is 21.6. The average Bonchev–Trinajstić information content (AvgIpc) is 3.18. The average molecular weight is 393 g/mol. The summed E-state index contributed by atoms with van der Waals surface area (Å²) in [7, 11) is 2.06. The number of anilines is 2. The third kappa shape index (κ3) is 3.05. The number of nitrogens with zero attached hydrogens (tertiary/aromatic N) is 1. The van der Waals surface area contributed by atoms with Gasteiger partial charge in [0.25, 0.3) is 0 Å². The van der Waals surface area contributed by atoms with Crippen LogP contribution in [0.1, 0.15) is 26.7 Å². The van der Waals surface area contributed by atoms with Crippen LogP contribution in [0.3, 0.4) is 0 Å². The molecule has 5 aromatic rings. The Morgan fingerprint density at radius 2 is 1.40 bits per heavy atom. The van der Waals surface area contributed by atoms with E-state index in [1.807, 2.05) is 32.0 Å². The molecule has 4 aromatic carbocycles. The van der Waals surface area contributed by atoms with E-state index in [-0.39, 0.29) is 0 Å². The molecule has 0 atom stereocenters. The molecule has 2 heteroatoms. The third-order valence-corrected chi connectivity index (χ3v) is 5.78. The third-order valence-electron chi connectivity index (χ3n) is 5.78. The molecule has 1 aromatic heterocycles. The van der Waals surface area contributed by atoms with Crippen LogP contribution in [0.25, 0.3) is 33.1 Å². The molecule has 0 spiro atoms. The number of hydrogen-bond acceptors (Lipinski definition) is 2. The van der Waals surface area contributed by atoms with Crippen molar-refractivity contribution in [3.8, 4) is 11.1 Å². The molecule has 0 saturated carbocycles. The Kier molecular flexibility index (Phi) is 4.27. The minimum absolute atomic E-state index is 0.607. The van der Waals surface area contributed by atoms with Crippen LogP contribution in [0.5, 0.6) is 0 Å². The first-order chi connectivity index (χ1) is 14.9. The van der Waals surface area contributed by atoms with Gasteiger partial charge in [-0.05, 0) is 35.2 Å². The lowest BCUT2D eigenvalue weighted by Gasteiger charge is -2.20. The summed E-state index contributed by atoms with van der Waals surface area (Å²) in [5.41, 5.74) is 7.12. The second-order valence-corrected chi connectivity index (χ2v) is 7.91. The fourth-order valence-corrected chi connectivity index (χ4v) is 4.07. The molecule has 0 aliphatic rings. The van der Waals surface area contributed by atoms with Crippen LogP contribution in [0.2, 0.25) is 0 Å². The van der Waals surface area contributed by atoms with Crippen molar-refractivity contribution in [2.24, 2.45) is 0 Å². The highest BCUT2D eigenvalue weighted by atomic mass is 16.3. The van der Waals surface area contributed by atoms with Gasteiger partial charge in [0.2, 0.25) is 0 Å². The fraction of sp³-hybridized carbons (Fsp3) is 0.143. The number of furan rings is 1. The smallest absolute Gasteiger partial charge is 0.159 e. The normalized spacial score (nSPS) is 12.3. The number of para-hydroxylation sites is 2. The minimum Gasteiger partial charge on any atom is -0.453 e. The van der Waals surface area contributed by atoms with Crippen molar-refractivity contribution in [3.63, 3.8) is 0 Å². The van der Waals surface area contributed by atoms with Gasteiger partial charge in [-0.3, -0.25) is 0 Å². The Morgan fingerprint density at radius 1 is 0.733 bits per heavy atom. The van der Waals surface area contributed by atoms with Gasteiger partial charge < -0.3 is 9.32 Å². The molecule has 0 radical (unpaired) electrons. The van der Waals surface area contributed by atoms with Gasteiger partial charge in [-0.1, -0.05) is 86.6 Å². The standard InChI is InChI=1S/C28H25NO/c1-19(2)20-15-17-22(18-16-20)29(3)26-14-8-13-25-24-12-7-11-23(27(24)30-28(25)26)21-9-5-4-6-10-21/h4-19H,1-3H3/i19D. The summed E-state index contributed by atoms with van der Waals surface area (Å²) < 4.78 is 14.8. The maximum atomic E-state index is 8.25. The Hall–Kier alpha value is -3.52. The van der Waals surface area contributed by atoms with Crippen LogP contribution < -0.4 is 4.90 Å². The molecular formula is C28H25NO. The molecule has 148 valence electrons. The molecule has 0 aliphatic heterocycles. The molecule has 0 unspecified atom stereocenters. The van der Waals surface area contributed by atoms with Crippen molar-refractivity contribution >= 4 is 33.3 Å². The van der Waals surface area contributed by atoms with Crippen LogP contribution in [0.4, 0.5) is 11.4 Å². The van der Waals surface area contributed by atoms with Crippen molar-refractivity contribution in [2.75, 3.05) is 11.9 Å². The second kappa shape index (κ2) is 7.38. The van der Waals surface area contributed by atoms with Crippen LogP contribution in [0.15, 0.2) is 95.4 Å². The van der Waals surface area contributed by atoms with E-state index >= 15 is 0 Å². The predicted octanol–water partition coefficient (Wildman–Crippen LogP) is 8.14. The van der Waals surface area contributed by atoms with Gasteiger partial charge >= 0.3 is 0 Å². The van der Waals surface area contributed by atoms with Crippen molar-refractivity contribution in [1.82, 2.24) is 0 Å². The largest absolute Gasteiger partial charge is 0.453 e. The van der Waals surface area contributed by atoms with Gasteiger partial charge in [0.05, 0.1) is 5.69 Å². The lowest BCUT2D eigenvalue weighted by Crippen LogP contribution is -2.09. The van der Waals surface area contributed by atoms with Gasteiger partial charge in [-0.15, -0.1) is 0 Å². The van der Waals surface area contributed by atoms with Crippen molar-refractivity contribution in [2.45, 2.75) is 19.7 Å². The molecular weight excluding hydrogens is 366 g/mol. The maximum absolute atomic E-state index is 8.25. The molecule has 0 aliphatic carbocycles. The molecule has 0 fully saturated rings. The minimum atomic E-state index is -0.607. The monoisotopic (exact) mass is 392 g/mol. The highest BCUT2D eigenvalue weighted by Crippen LogP contribution is 2.40. The van der Waals surface area contributed by atoms with E-state index in [4.69, 9.17) is 5.79 Å². The van der Waals surface area contributed by atoms with Gasteiger partial charge in [0.15, 0.2) is 5.58 Å². The molecule has 5 rings (SSSR count). The number of fused-ring (bicyclic) bond motifs is 3. The first-order valence-corrected chi connectivity index (χ1v) is 10.3. The predicted molar refractivity (Wildman–Crippen MR) is 128 cm³/mol. The second-order valence-electron chi connectivity index (χ2n) is 7.91. The van der Waals surface area contributed by atoms with Crippen molar-refractivity contribution in [3.05, 3.63) is 96.6 Å². The summed E-state index contributed by atoms with van der Waals surface area (Å²) in [6, 6.07) is 31.2. The van der Waals surface area contributed by atoms with E-state index in [2.05, 4.69) is 84.7 Å². The molecule has 0 N–H and O–H groups in total. The summed E-state index contributed by atoms with van der Waals surface area (Å²) in [5, 5.41) is 2.24. The van der Waals surface area contributed by atoms with Crippen molar-refractivity contribution in [1.29, 1.82) is 0 Å².